The van der Waals surface area contributed by atoms with Crippen LogP contribution in [0.4, 0.5) is 24.8 Å². The first-order valence-electron chi connectivity index (χ1n) is 12.6. The number of ether oxygens (including phenoxy) is 1. The molecular formula is C27H30F3N7O2. The lowest BCUT2D eigenvalue weighted by Gasteiger charge is -2.18. The Balaban J connectivity index is 1.47. The first-order chi connectivity index (χ1) is 18.3. The molecule has 4 aromatic rings. The van der Waals surface area contributed by atoms with Crippen LogP contribution in [-0.2, 0) is 12.1 Å². The second kappa shape index (κ2) is 9.67. The minimum Gasteiger partial charge on any atom is -0.406 e. The number of halogens is 3. The van der Waals surface area contributed by atoms with Gasteiger partial charge in [0.05, 0.1) is 17.0 Å². The number of aryl methyl sites for hydroxylation is 1. The zero-order valence-electron chi connectivity index (χ0n) is 22.3. The molecule has 3 aromatic heterocycles. The van der Waals surface area contributed by atoms with E-state index in [0.717, 1.165) is 35.5 Å². The molecular weight excluding hydrogens is 511 g/mol. The summed E-state index contributed by atoms with van der Waals surface area (Å²) in [4.78, 5) is 8.79. The molecule has 1 saturated carbocycles. The molecule has 1 aromatic carbocycles. The number of aromatic nitrogens is 6. The molecule has 0 aliphatic heterocycles. The molecule has 206 valence electrons. The van der Waals surface area contributed by atoms with E-state index in [1.807, 2.05) is 25.5 Å². The molecule has 2 N–H and O–H groups in total. The highest BCUT2D eigenvalue weighted by molar-refractivity contribution is 5.72. The van der Waals surface area contributed by atoms with Crippen molar-refractivity contribution in [3.8, 4) is 22.8 Å². The van der Waals surface area contributed by atoms with Gasteiger partial charge in [-0.3, -0.25) is 0 Å². The largest absolute Gasteiger partial charge is 0.573 e. The third kappa shape index (κ3) is 5.75. The van der Waals surface area contributed by atoms with Gasteiger partial charge in [0, 0.05) is 35.0 Å². The van der Waals surface area contributed by atoms with Crippen molar-refractivity contribution in [2.45, 2.75) is 66.0 Å². The summed E-state index contributed by atoms with van der Waals surface area (Å²) < 4.78 is 45.3. The van der Waals surface area contributed by atoms with Gasteiger partial charge < -0.3 is 15.2 Å². The number of aliphatic hydroxyl groups is 1. The fourth-order valence-corrected chi connectivity index (χ4v) is 4.88. The van der Waals surface area contributed by atoms with Gasteiger partial charge >= 0.3 is 6.36 Å². The zero-order chi connectivity index (χ0) is 28.1. The van der Waals surface area contributed by atoms with E-state index in [1.165, 1.54) is 18.5 Å². The van der Waals surface area contributed by atoms with Crippen LogP contribution in [0.25, 0.3) is 17.1 Å². The molecule has 9 nitrogen and oxygen atoms in total. The van der Waals surface area contributed by atoms with Gasteiger partial charge in [-0.15, -0.1) is 13.2 Å². The molecule has 1 fully saturated rings. The molecule has 0 bridgehead atoms. The zero-order valence-corrected chi connectivity index (χ0v) is 22.3. The molecule has 0 amide bonds. The molecule has 0 radical (unpaired) electrons. The Morgan fingerprint density at radius 3 is 2.33 bits per heavy atom. The van der Waals surface area contributed by atoms with Gasteiger partial charge in [0.2, 0.25) is 0 Å². The maximum Gasteiger partial charge on any atom is 0.573 e. The number of hydrogen-bond donors (Lipinski definition) is 2. The van der Waals surface area contributed by atoms with Crippen LogP contribution in [0.2, 0.25) is 0 Å². The molecule has 5 rings (SSSR count). The molecule has 12 heteroatoms. The van der Waals surface area contributed by atoms with E-state index in [1.54, 1.807) is 36.7 Å². The monoisotopic (exact) mass is 541 g/mol. The van der Waals surface area contributed by atoms with Gasteiger partial charge in [-0.2, -0.15) is 10.2 Å². The lowest BCUT2D eigenvalue weighted by molar-refractivity contribution is -0.274. The highest BCUT2D eigenvalue weighted by Crippen LogP contribution is 2.36. The second-order valence-electron chi connectivity index (χ2n) is 10.4. The quantitative estimate of drug-likeness (QED) is 0.294. The lowest BCUT2D eigenvalue weighted by atomic mass is 9.96. The number of anilines is 2. The number of nitrogens with one attached hydrogen (secondary N) is 1. The molecule has 0 spiro atoms. The normalized spacial score (nSPS) is 14.1. The van der Waals surface area contributed by atoms with Crippen molar-refractivity contribution in [2.24, 2.45) is 5.92 Å². The summed E-state index contributed by atoms with van der Waals surface area (Å²) >= 11 is 0. The smallest absolute Gasteiger partial charge is 0.406 e. The Hall–Kier alpha value is -3.93. The number of hydrogen-bond acceptors (Lipinski definition) is 7. The molecule has 1 aliphatic carbocycles. The summed E-state index contributed by atoms with van der Waals surface area (Å²) in [6, 6.07) is 7.45. The van der Waals surface area contributed by atoms with Gasteiger partial charge in [-0.05, 0) is 77.6 Å². The maximum absolute atomic E-state index is 12.6. The summed E-state index contributed by atoms with van der Waals surface area (Å²) in [6.45, 7) is 9.80. The Kier molecular flexibility index (Phi) is 6.61. The second-order valence-corrected chi connectivity index (χ2v) is 10.4. The summed E-state index contributed by atoms with van der Waals surface area (Å²) in [5.41, 5.74) is 3.33. The predicted molar refractivity (Wildman–Crippen MR) is 139 cm³/mol. The van der Waals surface area contributed by atoms with E-state index in [9.17, 15) is 18.3 Å². The third-order valence-corrected chi connectivity index (χ3v) is 6.70. The predicted octanol–water partition coefficient (Wildman–Crippen LogP) is 5.73. The fourth-order valence-electron chi connectivity index (χ4n) is 4.88. The Morgan fingerprint density at radius 1 is 1.05 bits per heavy atom. The van der Waals surface area contributed by atoms with Crippen LogP contribution in [0.5, 0.6) is 5.75 Å². The van der Waals surface area contributed by atoms with Crippen molar-refractivity contribution in [1.29, 1.82) is 0 Å². The average molecular weight is 542 g/mol. The van der Waals surface area contributed by atoms with Crippen molar-refractivity contribution in [3.05, 3.63) is 59.2 Å². The van der Waals surface area contributed by atoms with Gasteiger partial charge in [0.25, 0.3) is 0 Å². The fraction of sp³-hybridized carbons (Fsp3) is 0.407. The van der Waals surface area contributed by atoms with Crippen LogP contribution >= 0.6 is 0 Å². The van der Waals surface area contributed by atoms with Crippen LogP contribution in [0, 0.1) is 26.7 Å². The number of benzene rings is 1. The lowest BCUT2D eigenvalue weighted by Crippen LogP contribution is -2.18. The summed E-state index contributed by atoms with van der Waals surface area (Å²) in [7, 11) is 0. The summed E-state index contributed by atoms with van der Waals surface area (Å²) in [5, 5.41) is 23.4. The maximum atomic E-state index is 12.6. The minimum atomic E-state index is -4.75. The van der Waals surface area contributed by atoms with Crippen LogP contribution in [0.1, 0.15) is 49.2 Å². The van der Waals surface area contributed by atoms with E-state index < -0.39 is 12.0 Å². The van der Waals surface area contributed by atoms with Crippen LogP contribution in [0.3, 0.4) is 0 Å². The number of alkyl halides is 3. The van der Waals surface area contributed by atoms with E-state index in [-0.39, 0.29) is 5.75 Å². The van der Waals surface area contributed by atoms with Crippen LogP contribution < -0.4 is 10.1 Å². The van der Waals surface area contributed by atoms with Crippen molar-refractivity contribution < 1.29 is 23.0 Å². The SMILES string of the molecule is Cc1nn(-c2cc(Nc3c(C)c(-c4ccc(OC(F)(F)F)cc4)nn3CC3CC3)ncn2)c(C)c1C(C)(C)O. The Bertz CT molecular complexity index is 1500. The first-order valence-corrected chi connectivity index (χ1v) is 12.6. The molecule has 3 heterocycles. The number of rotatable bonds is 8. The standard InChI is InChI=1S/C27H30F3N7O2/c1-15-24(19-8-10-20(11-9-19)39-27(28,29)30)35-36(13-18-6-7-18)25(15)33-21-12-22(32-14-31-21)37-17(3)23(16(2)34-37)26(4,5)38/h8-12,14,18,38H,6-7,13H2,1-5H3,(H,31,32,33). The molecule has 39 heavy (non-hydrogen) atoms. The van der Waals surface area contributed by atoms with Gasteiger partial charge in [0.1, 0.15) is 23.7 Å². The van der Waals surface area contributed by atoms with Gasteiger partial charge in [0.15, 0.2) is 5.82 Å². The van der Waals surface area contributed by atoms with Crippen molar-refractivity contribution in [1.82, 2.24) is 29.5 Å². The van der Waals surface area contributed by atoms with E-state index in [0.29, 0.717) is 41.0 Å². The van der Waals surface area contributed by atoms with Crippen LogP contribution in [-0.4, -0.2) is 41.0 Å². The van der Waals surface area contributed by atoms with Gasteiger partial charge in [-0.1, -0.05) is 0 Å². The molecule has 0 atom stereocenters. The van der Waals surface area contributed by atoms with Crippen LogP contribution in [0.15, 0.2) is 36.7 Å². The topological polar surface area (TPSA) is 103 Å². The minimum absolute atomic E-state index is 0.287. The highest BCUT2D eigenvalue weighted by Gasteiger charge is 2.31. The Morgan fingerprint density at radius 2 is 1.74 bits per heavy atom. The van der Waals surface area contributed by atoms with E-state index in [2.05, 4.69) is 25.1 Å². The molecule has 1 aliphatic rings. The summed E-state index contributed by atoms with van der Waals surface area (Å²) in [5.74, 6) is 2.04. The number of nitrogens with zero attached hydrogens (tertiary/aromatic N) is 6. The van der Waals surface area contributed by atoms with Crippen molar-refractivity contribution in [3.63, 3.8) is 0 Å². The Labute approximate surface area is 223 Å². The van der Waals surface area contributed by atoms with Gasteiger partial charge in [-0.25, -0.2) is 19.3 Å². The highest BCUT2D eigenvalue weighted by atomic mass is 19.4. The van der Waals surface area contributed by atoms with Crippen molar-refractivity contribution >= 4 is 11.6 Å². The van der Waals surface area contributed by atoms with Crippen molar-refractivity contribution in [2.75, 3.05) is 5.32 Å². The first kappa shape index (κ1) is 26.7. The van der Waals surface area contributed by atoms with E-state index in [4.69, 9.17) is 5.10 Å². The third-order valence-electron chi connectivity index (χ3n) is 6.70. The average Bonchev–Trinajstić information content (AvgIpc) is 3.53. The molecule has 0 unspecified atom stereocenters. The van der Waals surface area contributed by atoms with E-state index >= 15 is 0 Å². The molecule has 0 saturated heterocycles. The summed E-state index contributed by atoms with van der Waals surface area (Å²) in [6.07, 6.45) is -1.07.